The lowest BCUT2D eigenvalue weighted by atomic mass is 10.0. The molecule has 1 aliphatic heterocycles. The Kier molecular flexibility index (Phi) is 3.80. The number of carbonyl (C=O) groups is 1. The molecule has 0 unspecified atom stereocenters. The molecule has 7 heteroatoms. The van der Waals surface area contributed by atoms with Crippen LogP contribution < -0.4 is 5.32 Å². The van der Waals surface area contributed by atoms with Gasteiger partial charge >= 0.3 is 0 Å². The van der Waals surface area contributed by atoms with Gasteiger partial charge in [0.15, 0.2) is 0 Å². The zero-order valence-electron chi connectivity index (χ0n) is 14.0. The number of likely N-dealkylation sites (tertiary alicyclic amines) is 1. The zero-order valence-corrected chi connectivity index (χ0v) is 14.0. The number of pyridine rings is 1. The van der Waals surface area contributed by atoms with Crippen LogP contribution in [-0.2, 0) is 11.3 Å². The van der Waals surface area contributed by atoms with Crippen LogP contribution in [0.25, 0.3) is 0 Å². The number of hydrogen-bond acceptors (Lipinski definition) is 5. The Morgan fingerprint density at radius 2 is 2.17 bits per heavy atom. The molecule has 1 aliphatic carbocycles. The maximum atomic E-state index is 12.2. The molecule has 126 valence electrons. The fourth-order valence-electron chi connectivity index (χ4n) is 3.62. The summed E-state index contributed by atoms with van der Waals surface area (Å²) in [5, 5.41) is 12.1. The molecule has 1 saturated heterocycles. The van der Waals surface area contributed by atoms with Crippen LogP contribution in [0.15, 0.2) is 24.5 Å². The maximum Gasteiger partial charge on any atom is 0.224 e. The second-order valence-electron chi connectivity index (χ2n) is 6.69. The molecular weight excluding hydrogens is 304 g/mol. The molecular formula is C17H22N6O. The summed E-state index contributed by atoms with van der Waals surface area (Å²) in [5.74, 6) is 2.08. The number of likely N-dealkylation sites (N-methyl/N-ethyl adjacent to an activating group) is 1. The van der Waals surface area contributed by atoms with E-state index in [0.717, 1.165) is 17.2 Å². The van der Waals surface area contributed by atoms with Gasteiger partial charge in [0.1, 0.15) is 11.6 Å². The number of nitrogens with zero attached hydrogens (tertiary/aromatic N) is 5. The van der Waals surface area contributed by atoms with Gasteiger partial charge in [0.25, 0.3) is 0 Å². The minimum atomic E-state index is 0.00425. The van der Waals surface area contributed by atoms with Gasteiger partial charge in [0, 0.05) is 37.9 Å². The van der Waals surface area contributed by atoms with Crippen molar-refractivity contribution in [1.82, 2.24) is 30.0 Å². The van der Waals surface area contributed by atoms with Gasteiger partial charge < -0.3 is 14.8 Å². The molecule has 24 heavy (non-hydrogen) atoms. The lowest BCUT2D eigenvalue weighted by Gasteiger charge is -2.25. The summed E-state index contributed by atoms with van der Waals surface area (Å²) in [5.41, 5.74) is 1.06. The SMILES string of the molecule is Cc1nnc(CN[C@@H]2CC(=O)N(C)[C@H]2c2cccnc2)n1C1CC1. The van der Waals surface area contributed by atoms with Gasteiger partial charge in [0.05, 0.1) is 12.6 Å². The topological polar surface area (TPSA) is 75.9 Å². The Balaban J connectivity index is 1.52. The molecule has 2 atom stereocenters. The van der Waals surface area contributed by atoms with Crippen LogP contribution in [0.3, 0.4) is 0 Å². The molecule has 2 aliphatic rings. The highest BCUT2D eigenvalue weighted by molar-refractivity contribution is 5.80. The van der Waals surface area contributed by atoms with Crippen molar-refractivity contribution >= 4 is 5.91 Å². The summed E-state index contributed by atoms with van der Waals surface area (Å²) in [7, 11) is 1.86. The van der Waals surface area contributed by atoms with E-state index in [1.165, 1.54) is 12.8 Å². The highest BCUT2D eigenvalue weighted by Gasteiger charge is 2.38. The monoisotopic (exact) mass is 326 g/mol. The van der Waals surface area contributed by atoms with Gasteiger partial charge in [-0.2, -0.15) is 0 Å². The molecule has 1 amide bonds. The molecule has 0 bridgehead atoms. The Hall–Kier alpha value is -2.28. The Bertz CT molecular complexity index is 739. The molecule has 4 rings (SSSR count). The standard InChI is InChI=1S/C17H22N6O/c1-11-20-21-15(23(11)13-5-6-13)10-19-14-8-16(24)22(2)17(14)12-4-3-7-18-9-12/h3-4,7,9,13-14,17,19H,5-6,8,10H2,1-2H3/t14-,17+/m1/s1. The van der Waals surface area contributed by atoms with Crippen molar-refractivity contribution in [2.75, 3.05) is 7.05 Å². The van der Waals surface area contributed by atoms with Gasteiger partial charge in [-0.05, 0) is 31.4 Å². The average Bonchev–Trinajstić information content (AvgIpc) is 3.29. The third-order valence-corrected chi connectivity index (χ3v) is 4.98. The summed E-state index contributed by atoms with van der Waals surface area (Å²) in [6, 6.07) is 4.55. The molecule has 0 radical (unpaired) electrons. The predicted octanol–water partition coefficient (Wildman–Crippen LogP) is 1.38. The van der Waals surface area contributed by atoms with Crippen LogP contribution in [0.2, 0.25) is 0 Å². The van der Waals surface area contributed by atoms with Crippen LogP contribution in [0.5, 0.6) is 0 Å². The van der Waals surface area contributed by atoms with Crippen LogP contribution in [0.4, 0.5) is 0 Å². The number of aromatic nitrogens is 4. The summed E-state index contributed by atoms with van der Waals surface area (Å²) < 4.78 is 2.23. The molecule has 0 aromatic carbocycles. The van der Waals surface area contributed by atoms with Crippen LogP contribution in [-0.4, -0.2) is 43.6 Å². The summed E-state index contributed by atoms with van der Waals surface area (Å²) in [6.07, 6.45) is 6.49. The highest BCUT2D eigenvalue weighted by Crippen LogP contribution is 2.36. The minimum absolute atomic E-state index is 0.00425. The second-order valence-corrected chi connectivity index (χ2v) is 6.69. The molecule has 2 fully saturated rings. The van der Waals surface area contributed by atoms with Crippen LogP contribution in [0, 0.1) is 6.92 Å². The van der Waals surface area contributed by atoms with Gasteiger partial charge in [-0.1, -0.05) is 6.07 Å². The fourth-order valence-corrected chi connectivity index (χ4v) is 3.62. The van der Waals surface area contributed by atoms with E-state index in [4.69, 9.17) is 0 Å². The lowest BCUT2D eigenvalue weighted by Crippen LogP contribution is -2.35. The summed E-state index contributed by atoms with van der Waals surface area (Å²) >= 11 is 0. The van der Waals surface area contributed by atoms with Crippen LogP contribution in [0.1, 0.15) is 48.6 Å². The third kappa shape index (κ3) is 2.69. The summed E-state index contributed by atoms with van der Waals surface area (Å²) in [4.78, 5) is 18.2. The van der Waals surface area contributed by atoms with E-state index in [0.29, 0.717) is 19.0 Å². The van der Waals surface area contributed by atoms with Crippen LogP contribution >= 0.6 is 0 Å². The van der Waals surface area contributed by atoms with Crippen molar-refractivity contribution in [2.24, 2.45) is 0 Å². The molecule has 1 N–H and O–H groups in total. The maximum absolute atomic E-state index is 12.2. The van der Waals surface area contributed by atoms with Crippen molar-refractivity contribution in [3.8, 4) is 0 Å². The molecule has 7 nitrogen and oxygen atoms in total. The third-order valence-electron chi connectivity index (χ3n) is 4.98. The number of nitrogens with one attached hydrogen (secondary N) is 1. The van der Waals surface area contributed by atoms with Crippen molar-refractivity contribution in [1.29, 1.82) is 0 Å². The number of amides is 1. The fraction of sp³-hybridized carbons (Fsp3) is 0.529. The Morgan fingerprint density at radius 1 is 1.33 bits per heavy atom. The predicted molar refractivity (Wildman–Crippen MR) is 88.0 cm³/mol. The van der Waals surface area contributed by atoms with E-state index in [9.17, 15) is 4.79 Å². The van der Waals surface area contributed by atoms with Gasteiger partial charge in [0.2, 0.25) is 5.91 Å². The largest absolute Gasteiger partial charge is 0.337 e. The molecule has 2 aromatic rings. The quantitative estimate of drug-likeness (QED) is 0.898. The number of rotatable bonds is 5. The summed E-state index contributed by atoms with van der Waals surface area (Å²) in [6.45, 7) is 2.63. The first kappa shape index (κ1) is 15.3. The zero-order chi connectivity index (χ0) is 16.7. The minimum Gasteiger partial charge on any atom is -0.337 e. The van der Waals surface area contributed by atoms with Gasteiger partial charge in [-0.25, -0.2) is 0 Å². The van der Waals surface area contributed by atoms with Gasteiger partial charge in [-0.3, -0.25) is 9.78 Å². The number of hydrogen-bond donors (Lipinski definition) is 1. The number of aryl methyl sites for hydroxylation is 1. The van der Waals surface area contributed by atoms with E-state index in [-0.39, 0.29) is 18.0 Å². The van der Waals surface area contributed by atoms with Crippen molar-refractivity contribution in [2.45, 2.75) is 50.9 Å². The number of carbonyl (C=O) groups excluding carboxylic acids is 1. The van der Waals surface area contributed by atoms with Gasteiger partial charge in [-0.15, -0.1) is 10.2 Å². The first-order valence-electron chi connectivity index (χ1n) is 8.44. The molecule has 3 heterocycles. The van der Waals surface area contributed by atoms with Crippen molar-refractivity contribution in [3.05, 3.63) is 41.7 Å². The van der Waals surface area contributed by atoms with E-state index >= 15 is 0 Å². The first-order valence-corrected chi connectivity index (χ1v) is 8.44. The van der Waals surface area contributed by atoms with E-state index < -0.39 is 0 Å². The first-order chi connectivity index (χ1) is 11.6. The average molecular weight is 326 g/mol. The van der Waals surface area contributed by atoms with Crippen molar-refractivity contribution in [3.63, 3.8) is 0 Å². The van der Waals surface area contributed by atoms with E-state index in [2.05, 4.69) is 25.1 Å². The van der Waals surface area contributed by atoms with Crippen molar-refractivity contribution < 1.29 is 4.79 Å². The molecule has 0 spiro atoms. The Labute approximate surface area is 141 Å². The lowest BCUT2D eigenvalue weighted by molar-refractivity contribution is -0.127. The second kappa shape index (κ2) is 5.98. The van der Waals surface area contributed by atoms with E-state index in [1.54, 1.807) is 6.20 Å². The molecule has 2 aromatic heterocycles. The normalized spacial score (nSPS) is 23.9. The highest BCUT2D eigenvalue weighted by atomic mass is 16.2. The Morgan fingerprint density at radius 3 is 2.88 bits per heavy atom. The smallest absolute Gasteiger partial charge is 0.224 e. The van der Waals surface area contributed by atoms with E-state index in [1.807, 2.05) is 37.2 Å². The molecule has 1 saturated carbocycles.